The minimum Gasteiger partial charge on any atom is -0.494 e. The van der Waals surface area contributed by atoms with Crippen LogP contribution in [-0.2, 0) is 0 Å². The van der Waals surface area contributed by atoms with Crippen molar-refractivity contribution in [1.82, 2.24) is 4.98 Å². The Balaban J connectivity index is 2.32. The third kappa shape index (κ3) is 3.07. The molecule has 1 aromatic carbocycles. The maximum Gasteiger partial charge on any atom is 0.144 e. The summed E-state index contributed by atoms with van der Waals surface area (Å²) in [6.45, 7) is 5.32. The van der Waals surface area contributed by atoms with Crippen LogP contribution in [0.25, 0.3) is 11.3 Å². The van der Waals surface area contributed by atoms with Crippen molar-refractivity contribution < 1.29 is 4.74 Å². The second kappa shape index (κ2) is 6.58. The first-order valence-corrected chi connectivity index (χ1v) is 6.66. The van der Waals surface area contributed by atoms with Crippen molar-refractivity contribution in [3.8, 4) is 23.1 Å². The first-order valence-electron chi connectivity index (χ1n) is 6.66. The zero-order valence-corrected chi connectivity index (χ0v) is 11.7. The second-order valence-electron chi connectivity index (χ2n) is 4.19. The summed E-state index contributed by atoms with van der Waals surface area (Å²) in [7, 11) is 0. The SMILES string of the molecule is CCNc1nc(-c2ccc(OCC)cc2)ccc1C#N. The smallest absolute Gasteiger partial charge is 0.144 e. The number of hydrogen-bond donors (Lipinski definition) is 1. The number of pyridine rings is 1. The molecule has 0 unspecified atom stereocenters. The molecule has 0 radical (unpaired) electrons. The molecule has 0 aliphatic carbocycles. The molecule has 2 rings (SSSR count). The average Bonchev–Trinajstić information content (AvgIpc) is 2.49. The number of ether oxygens (including phenoxy) is 1. The molecule has 1 aromatic heterocycles. The van der Waals surface area contributed by atoms with Crippen LogP contribution in [0.2, 0.25) is 0 Å². The molecule has 0 amide bonds. The molecule has 2 aromatic rings. The summed E-state index contributed by atoms with van der Waals surface area (Å²) in [4.78, 5) is 4.50. The lowest BCUT2D eigenvalue weighted by atomic mass is 10.1. The van der Waals surface area contributed by atoms with E-state index in [1.165, 1.54) is 0 Å². The highest BCUT2D eigenvalue weighted by Gasteiger charge is 2.06. The van der Waals surface area contributed by atoms with Crippen molar-refractivity contribution in [3.63, 3.8) is 0 Å². The van der Waals surface area contributed by atoms with Crippen LogP contribution < -0.4 is 10.1 Å². The normalized spacial score (nSPS) is 9.85. The van der Waals surface area contributed by atoms with Gasteiger partial charge in [0.25, 0.3) is 0 Å². The van der Waals surface area contributed by atoms with E-state index in [4.69, 9.17) is 10.00 Å². The summed E-state index contributed by atoms with van der Waals surface area (Å²) < 4.78 is 5.42. The number of nitrogens with one attached hydrogen (secondary N) is 1. The molecule has 1 heterocycles. The van der Waals surface area contributed by atoms with Crippen molar-refractivity contribution >= 4 is 5.82 Å². The number of anilines is 1. The molecule has 0 saturated carbocycles. The van der Waals surface area contributed by atoms with E-state index in [1.807, 2.05) is 44.2 Å². The molecule has 4 nitrogen and oxygen atoms in total. The van der Waals surface area contributed by atoms with Crippen LogP contribution in [0.5, 0.6) is 5.75 Å². The summed E-state index contributed by atoms with van der Waals surface area (Å²) in [5, 5.41) is 12.2. The van der Waals surface area contributed by atoms with Crippen LogP contribution in [0, 0.1) is 11.3 Å². The molecule has 1 N–H and O–H groups in total. The highest BCUT2D eigenvalue weighted by atomic mass is 16.5. The highest BCUT2D eigenvalue weighted by Crippen LogP contribution is 2.23. The molecular weight excluding hydrogens is 250 g/mol. The summed E-state index contributed by atoms with van der Waals surface area (Å²) in [5.74, 6) is 1.47. The third-order valence-corrected chi connectivity index (χ3v) is 2.82. The van der Waals surface area contributed by atoms with Gasteiger partial charge >= 0.3 is 0 Å². The van der Waals surface area contributed by atoms with E-state index in [1.54, 1.807) is 6.07 Å². The fourth-order valence-electron chi connectivity index (χ4n) is 1.90. The largest absolute Gasteiger partial charge is 0.494 e. The Morgan fingerprint density at radius 2 is 1.90 bits per heavy atom. The molecule has 0 saturated heterocycles. The van der Waals surface area contributed by atoms with Crippen molar-refractivity contribution in [2.75, 3.05) is 18.5 Å². The van der Waals surface area contributed by atoms with Crippen molar-refractivity contribution in [3.05, 3.63) is 42.0 Å². The van der Waals surface area contributed by atoms with E-state index < -0.39 is 0 Å². The Morgan fingerprint density at radius 3 is 2.50 bits per heavy atom. The van der Waals surface area contributed by atoms with E-state index in [-0.39, 0.29) is 0 Å². The van der Waals surface area contributed by atoms with Gasteiger partial charge < -0.3 is 10.1 Å². The highest BCUT2D eigenvalue weighted by molar-refractivity contribution is 5.65. The van der Waals surface area contributed by atoms with Crippen LogP contribution in [0.1, 0.15) is 19.4 Å². The molecule has 4 heteroatoms. The molecule has 0 fully saturated rings. The van der Waals surface area contributed by atoms with Gasteiger partial charge in [0, 0.05) is 12.1 Å². The average molecular weight is 267 g/mol. The Morgan fingerprint density at radius 1 is 1.15 bits per heavy atom. The van der Waals surface area contributed by atoms with Crippen LogP contribution in [-0.4, -0.2) is 18.1 Å². The standard InChI is InChI=1S/C16H17N3O/c1-3-18-16-13(11-17)7-10-15(19-16)12-5-8-14(9-6-12)20-4-2/h5-10H,3-4H2,1-2H3,(H,18,19). The van der Waals surface area contributed by atoms with Gasteiger partial charge in [0.1, 0.15) is 17.6 Å². The van der Waals surface area contributed by atoms with Crippen LogP contribution >= 0.6 is 0 Å². The van der Waals surface area contributed by atoms with E-state index in [9.17, 15) is 0 Å². The number of nitrogens with zero attached hydrogens (tertiary/aromatic N) is 2. The lowest BCUT2D eigenvalue weighted by Crippen LogP contribution is -2.02. The monoisotopic (exact) mass is 267 g/mol. The van der Waals surface area contributed by atoms with Gasteiger partial charge in [-0.1, -0.05) is 0 Å². The summed E-state index contributed by atoms with van der Waals surface area (Å²) in [6, 6.07) is 13.6. The molecule has 0 aliphatic heterocycles. The number of aromatic nitrogens is 1. The summed E-state index contributed by atoms with van der Waals surface area (Å²) in [5.41, 5.74) is 2.39. The van der Waals surface area contributed by atoms with Gasteiger partial charge in [0.15, 0.2) is 0 Å². The number of rotatable bonds is 5. The van der Waals surface area contributed by atoms with Crippen LogP contribution in [0.4, 0.5) is 5.82 Å². The molecule has 102 valence electrons. The maximum absolute atomic E-state index is 9.06. The first-order chi connectivity index (χ1) is 9.78. The van der Waals surface area contributed by atoms with E-state index in [0.29, 0.717) is 18.0 Å². The Hall–Kier alpha value is -2.54. The Labute approximate surface area is 119 Å². The first kappa shape index (κ1) is 13.9. The maximum atomic E-state index is 9.06. The zero-order chi connectivity index (χ0) is 14.4. The van der Waals surface area contributed by atoms with Gasteiger partial charge in [-0.3, -0.25) is 0 Å². The van der Waals surface area contributed by atoms with E-state index in [0.717, 1.165) is 23.6 Å². The lowest BCUT2D eigenvalue weighted by molar-refractivity contribution is 0.340. The van der Waals surface area contributed by atoms with Gasteiger partial charge in [-0.15, -0.1) is 0 Å². The Bertz CT molecular complexity index is 615. The number of benzene rings is 1. The Kier molecular flexibility index (Phi) is 4.56. The molecule has 0 spiro atoms. The third-order valence-electron chi connectivity index (χ3n) is 2.82. The molecule has 20 heavy (non-hydrogen) atoms. The molecular formula is C16H17N3O. The van der Waals surface area contributed by atoms with Gasteiger partial charge in [-0.2, -0.15) is 5.26 Å². The fraction of sp³-hybridized carbons (Fsp3) is 0.250. The predicted octanol–water partition coefficient (Wildman–Crippen LogP) is 3.45. The van der Waals surface area contributed by atoms with Crippen LogP contribution in [0.15, 0.2) is 36.4 Å². The molecule has 0 aliphatic rings. The van der Waals surface area contributed by atoms with Gasteiger partial charge in [-0.25, -0.2) is 4.98 Å². The van der Waals surface area contributed by atoms with E-state index in [2.05, 4.69) is 16.4 Å². The van der Waals surface area contributed by atoms with Gasteiger partial charge in [0.05, 0.1) is 17.9 Å². The second-order valence-corrected chi connectivity index (χ2v) is 4.19. The number of nitriles is 1. The zero-order valence-electron chi connectivity index (χ0n) is 11.7. The van der Waals surface area contributed by atoms with Crippen molar-refractivity contribution in [2.45, 2.75) is 13.8 Å². The quantitative estimate of drug-likeness (QED) is 0.901. The summed E-state index contributed by atoms with van der Waals surface area (Å²) in [6.07, 6.45) is 0. The van der Waals surface area contributed by atoms with E-state index >= 15 is 0 Å². The minimum atomic E-state index is 0.557. The molecule has 0 atom stereocenters. The van der Waals surface area contributed by atoms with Gasteiger partial charge in [0.2, 0.25) is 0 Å². The van der Waals surface area contributed by atoms with Gasteiger partial charge in [-0.05, 0) is 50.2 Å². The molecule has 0 bridgehead atoms. The predicted molar refractivity (Wildman–Crippen MR) is 79.7 cm³/mol. The van der Waals surface area contributed by atoms with Crippen LogP contribution in [0.3, 0.4) is 0 Å². The topological polar surface area (TPSA) is 57.9 Å². The minimum absolute atomic E-state index is 0.557. The van der Waals surface area contributed by atoms with Crippen molar-refractivity contribution in [1.29, 1.82) is 5.26 Å². The summed E-state index contributed by atoms with van der Waals surface area (Å²) >= 11 is 0. The van der Waals surface area contributed by atoms with Crippen molar-refractivity contribution in [2.24, 2.45) is 0 Å². The fourth-order valence-corrected chi connectivity index (χ4v) is 1.90. The number of hydrogen-bond acceptors (Lipinski definition) is 4. The lowest BCUT2D eigenvalue weighted by Gasteiger charge is -2.08.